The Morgan fingerprint density at radius 2 is 1.13 bits per heavy atom. The Bertz CT molecular complexity index is 699. The summed E-state index contributed by atoms with van der Waals surface area (Å²) >= 11 is 5.60. The first kappa shape index (κ1) is 15.4. The summed E-state index contributed by atoms with van der Waals surface area (Å²) in [6, 6.07) is 31.2. The quantitative estimate of drug-likeness (QED) is 0.610. The molecule has 23 heavy (non-hydrogen) atoms. The van der Waals surface area contributed by atoms with E-state index in [9.17, 15) is 0 Å². The summed E-state index contributed by atoms with van der Waals surface area (Å²) in [6.07, 6.45) is 0.790. The molecule has 0 aliphatic carbocycles. The third-order valence-corrected chi connectivity index (χ3v) is 4.12. The van der Waals surface area contributed by atoms with Gasteiger partial charge in [-0.15, -0.1) is 0 Å². The molecule has 0 aliphatic rings. The average molecular weight is 317 g/mol. The van der Waals surface area contributed by atoms with Crippen molar-refractivity contribution in [1.29, 1.82) is 0 Å². The Morgan fingerprint density at radius 3 is 1.61 bits per heavy atom. The molecule has 0 saturated carbocycles. The smallest absolute Gasteiger partial charge is 0.0806 e. The van der Waals surface area contributed by atoms with Crippen molar-refractivity contribution in [1.82, 2.24) is 0 Å². The largest absolute Gasteiger partial charge is 0.350 e. The van der Waals surface area contributed by atoms with Crippen LogP contribution < -0.4 is 5.32 Å². The van der Waals surface area contributed by atoms with E-state index >= 15 is 0 Å². The molecule has 3 rings (SSSR count). The molecule has 2 heteroatoms. The second-order valence-corrected chi connectivity index (χ2v) is 5.99. The number of benzene rings is 3. The highest BCUT2D eigenvalue weighted by Crippen LogP contribution is 2.28. The molecule has 0 atom stereocenters. The maximum absolute atomic E-state index is 5.60. The van der Waals surface area contributed by atoms with Gasteiger partial charge in [-0.2, -0.15) is 0 Å². The number of hydrogen-bond acceptors (Lipinski definition) is 1. The van der Waals surface area contributed by atoms with Crippen molar-refractivity contribution in [2.45, 2.75) is 12.3 Å². The second-order valence-electron chi connectivity index (χ2n) is 5.49. The van der Waals surface area contributed by atoms with Gasteiger partial charge in [-0.25, -0.2) is 0 Å². The Kier molecular flexibility index (Phi) is 5.17. The predicted octanol–water partition coefficient (Wildman–Crippen LogP) is 5.65. The summed E-state index contributed by atoms with van der Waals surface area (Å²) in [5.41, 5.74) is 3.61. The molecular formula is C21H19NS. The summed E-state index contributed by atoms with van der Waals surface area (Å²) in [7, 11) is 0. The number of rotatable bonds is 5. The monoisotopic (exact) mass is 317 g/mol. The van der Waals surface area contributed by atoms with E-state index in [0.29, 0.717) is 0 Å². The van der Waals surface area contributed by atoms with E-state index in [4.69, 9.17) is 12.2 Å². The molecule has 0 bridgehead atoms. The van der Waals surface area contributed by atoms with Crippen LogP contribution in [-0.2, 0) is 0 Å². The molecule has 0 aliphatic heterocycles. The van der Waals surface area contributed by atoms with Crippen LogP contribution in [0.5, 0.6) is 0 Å². The number of thiocarbonyl (C=S) groups is 1. The van der Waals surface area contributed by atoms with Gasteiger partial charge in [0, 0.05) is 18.0 Å². The van der Waals surface area contributed by atoms with Crippen molar-refractivity contribution in [3.8, 4) is 0 Å². The fraction of sp³-hybridized carbons (Fsp3) is 0.0952. The molecule has 3 aromatic rings. The maximum Gasteiger partial charge on any atom is 0.0806 e. The van der Waals surface area contributed by atoms with Crippen LogP contribution >= 0.6 is 12.2 Å². The average Bonchev–Trinajstić information content (AvgIpc) is 2.62. The zero-order valence-electron chi connectivity index (χ0n) is 12.9. The Morgan fingerprint density at radius 1 is 0.696 bits per heavy atom. The molecule has 0 heterocycles. The van der Waals surface area contributed by atoms with Crippen LogP contribution in [0.25, 0.3) is 0 Å². The number of anilines is 1. The zero-order chi connectivity index (χ0) is 15.9. The lowest BCUT2D eigenvalue weighted by Crippen LogP contribution is -2.14. The molecule has 0 unspecified atom stereocenters. The third kappa shape index (κ3) is 4.27. The summed E-state index contributed by atoms with van der Waals surface area (Å²) < 4.78 is 0. The van der Waals surface area contributed by atoms with E-state index < -0.39 is 0 Å². The minimum absolute atomic E-state index is 0.265. The molecule has 1 N–H and O–H groups in total. The lowest BCUT2D eigenvalue weighted by atomic mass is 9.88. The minimum atomic E-state index is 0.265. The van der Waals surface area contributed by atoms with Crippen LogP contribution in [0.3, 0.4) is 0 Å². The fourth-order valence-corrected chi connectivity index (χ4v) is 3.00. The van der Waals surface area contributed by atoms with Gasteiger partial charge in [-0.1, -0.05) is 91.1 Å². The van der Waals surface area contributed by atoms with Gasteiger partial charge in [0.05, 0.1) is 4.99 Å². The molecular weight excluding hydrogens is 298 g/mol. The molecule has 0 radical (unpaired) electrons. The first-order valence-electron chi connectivity index (χ1n) is 7.78. The first-order valence-corrected chi connectivity index (χ1v) is 8.18. The van der Waals surface area contributed by atoms with Crippen molar-refractivity contribution in [2.75, 3.05) is 5.32 Å². The van der Waals surface area contributed by atoms with E-state index in [1.807, 2.05) is 42.5 Å². The van der Waals surface area contributed by atoms with E-state index in [0.717, 1.165) is 17.1 Å². The Labute approximate surface area is 143 Å². The lowest BCUT2D eigenvalue weighted by Gasteiger charge is -2.19. The number of nitrogens with one attached hydrogen (secondary N) is 1. The summed E-state index contributed by atoms with van der Waals surface area (Å²) in [6.45, 7) is 0. The van der Waals surface area contributed by atoms with Crippen molar-refractivity contribution in [3.63, 3.8) is 0 Å². The van der Waals surface area contributed by atoms with Gasteiger partial charge >= 0.3 is 0 Å². The van der Waals surface area contributed by atoms with Crippen molar-refractivity contribution in [2.24, 2.45) is 0 Å². The van der Waals surface area contributed by atoms with Gasteiger partial charge in [-0.05, 0) is 23.3 Å². The predicted molar refractivity (Wildman–Crippen MR) is 102 cm³/mol. The molecule has 114 valence electrons. The van der Waals surface area contributed by atoms with E-state index in [-0.39, 0.29) is 5.92 Å². The van der Waals surface area contributed by atoms with Crippen LogP contribution in [0.2, 0.25) is 0 Å². The molecule has 1 nitrogen and oxygen atoms in total. The van der Waals surface area contributed by atoms with Crippen molar-refractivity contribution in [3.05, 3.63) is 102 Å². The highest BCUT2D eigenvalue weighted by molar-refractivity contribution is 7.80. The molecule has 0 fully saturated rings. The van der Waals surface area contributed by atoms with Crippen molar-refractivity contribution >= 4 is 22.9 Å². The molecule has 0 saturated heterocycles. The van der Waals surface area contributed by atoms with Crippen LogP contribution in [0.4, 0.5) is 5.69 Å². The first-order chi connectivity index (χ1) is 11.3. The standard InChI is InChI=1S/C21H19NS/c23-21(22-19-14-8-3-9-15-19)16-20(17-10-4-1-5-11-17)18-12-6-2-7-13-18/h1-15,20H,16H2,(H,22,23). The Hall–Kier alpha value is -2.45. The van der Waals surface area contributed by atoms with E-state index in [1.165, 1.54) is 11.1 Å². The van der Waals surface area contributed by atoms with Crippen LogP contribution in [0, 0.1) is 0 Å². The summed E-state index contributed by atoms with van der Waals surface area (Å²) in [5, 5.41) is 3.34. The molecule has 0 aromatic heterocycles. The van der Waals surface area contributed by atoms with Gasteiger partial charge in [0.2, 0.25) is 0 Å². The van der Waals surface area contributed by atoms with E-state index in [1.54, 1.807) is 0 Å². The molecule has 3 aromatic carbocycles. The zero-order valence-corrected chi connectivity index (χ0v) is 13.7. The number of hydrogen-bond donors (Lipinski definition) is 1. The highest BCUT2D eigenvalue weighted by Gasteiger charge is 2.16. The normalized spacial score (nSPS) is 10.5. The van der Waals surface area contributed by atoms with Crippen LogP contribution in [0.15, 0.2) is 91.0 Å². The fourth-order valence-electron chi connectivity index (χ4n) is 2.72. The number of para-hydroxylation sites is 1. The van der Waals surface area contributed by atoms with Gasteiger partial charge in [0.1, 0.15) is 0 Å². The SMILES string of the molecule is S=C(CC(c1ccccc1)c1ccccc1)Nc1ccccc1. The topological polar surface area (TPSA) is 12.0 Å². The van der Waals surface area contributed by atoms with Crippen molar-refractivity contribution < 1.29 is 0 Å². The summed E-state index contributed by atoms with van der Waals surface area (Å²) in [5.74, 6) is 0.265. The van der Waals surface area contributed by atoms with Crippen LogP contribution in [0.1, 0.15) is 23.5 Å². The van der Waals surface area contributed by atoms with Gasteiger partial charge in [-0.3, -0.25) is 0 Å². The lowest BCUT2D eigenvalue weighted by molar-refractivity contribution is 0.861. The van der Waals surface area contributed by atoms with Gasteiger partial charge in [0.15, 0.2) is 0 Å². The van der Waals surface area contributed by atoms with Crippen LogP contribution in [-0.4, -0.2) is 4.99 Å². The minimum Gasteiger partial charge on any atom is -0.350 e. The van der Waals surface area contributed by atoms with E-state index in [2.05, 4.69) is 53.8 Å². The highest BCUT2D eigenvalue weighted by atomic mass is 32.1. The summed E-state index contributed by atoms with van der Waals surface area (Å²) in [4.78, 5) is 0.855. The van der Waals surface area contributed by atoms with Gasteiger partial charge in [0.25, 0.3) is 0 Å². The maximum atomic E-state index is 5.60. The third-order valence-electron chi connectivity index (χ3n) is 3.85. The second kappa shape index (κ2) is 7.70. The molecule has 0 amide bonds. The van der Waals surface area contributed by atoms with Gasteiger partial charge < -0.3 is 5.32 Å². The molecule has 0 spiro atoms. The Balaban J connectivity index is 1.81.